The second kappa shape index (κ2) is 10.7. The zero-order valence-electron chi connectivity index (χ0n) is 17.9. The second-order valence-electron chi connectivity index (χ2n) is 7.14. The molecule has 0 atom stereocenters. The number of hydrogen-bond acceptors (Lipinski definition) is 6. The quantitative estimate of drug-likeness (QED) is 0.213. The maximum atomic E-state index is 12.6. The van der Waals surface area contributed by atoms with Gasteiger partial charge in [0.2, 0.25) is 6.79 Å². The molecule has 9 heteroatoms. The summed E-state index contributed by atoms with van der Waals surface area (Å²) in [5, 5.41) is 12.8. The van der Waals surface area contributed by atoms with Gasteiger partial charge in [0.25, 0.3) is 5.91 Å². The molecule has 0 aliphatic carbocycles. The Morgan fingerprint density at radius 1 is 1.18 bits per heavy atom. The number of carbonyl (C=O) groups excluding carboxylic acids is 1. The largest absolute Gasteiger partial charge is 0.493 e. The molecule has 0 fully saturated rings. The van der Waals surface area contributed by atoms with Crippen molar-refractivity contribution in [3.8, 4) is 29.1 Å². The topological polar surface area (TPSA) is 89.8 Å². The minimum Gasteiger partial charge on any atom is -0.493 e. The van der Waals surface area contributed by atoms with E-state index in [1.54, 1.807) is 30.3 Å². The molecule has 1 amide bonds. The highest BCUT2D eigenvalue weighted by molar-refractivity contribution is 14.1. The molecular formula is C25H18ClIN2O5. The molecule has 3 aromatic rings. The van der Waals surface area contributed by atoms with Crippen molar-refractivity contribution in [1.82, 2.24) is 0 Å². The average Bonchev–Trinajstić information content (AvgIpc) is 3.31. The normalized spacial score (nSPS) is 12.1. The number of nitriles is 1. The van der Waals surface area contributed by atoms with E-state index in [4.69, 9.17) is 30.5 Å². The number of rotatable bonds is 7. The highest BCUT2D eigenvalue weighted by atomic mass is 127. The number of hydrogen-bond donors (Lipinski definition) is 1. The molecule has 3 aromatic carbocycles. The number of anilines is 1. The van der Waals surface area contributed by atoms with Crippen LogP contribution in [0.3, 0.4) is 0 Å². The number of halogens is 2. The third kappa shape index (κ3) is 5.55. The molecule has 0 aromatic heterocycles. The minimum absolute atomic E-state index is 0.0539. The predicted octanol–water partition coefficient (Wildman–Crippen LogP) is 5.81. The molecule has 1 heterocycles. The van der Waals surface area contributed by atoms with Crippen LogP contribution in [0.25, 0.3) is 6.08 Å². The lowest BCUT2D eigenvalue weighted by Gasteiger charge is -2.14. The van der Waals surface area contributed by atoms with E-state index in [0.717, 1.165) is 9.13 Å². The number of nitrogens with zero attached hydrogens (tertiary/aromatic N) is 1. The van der Waals surface area contributed by atoms with E-state index >= 15 is 0 Å². The van der Waals surface area contributed by atoms with Gasteiger partial charge in [0.15, 0.2) is 23.0 Å². The number of ether oxygens (including phenoxy) is 4. The maximum Gasteiger partial charge on any atom is 0.266 e. The minimum atomic E-state index is -0.526. The first-order chi connectivity index (χ1) is 16.5. The molecule has 0 radical (unpaired) electrons. The zero-order valence-corrected chi connectivity index (χ0v) is 20.8. The van der Waals surface area contributed by atoms with E-state index < -0.39 is 5.91 Å². The summed E-state index contributed by atoms with van der Waals surface area (Å²) in [6.07, 6.45) is 1.50. The summed E-state index contributed by atoms with van der Waals surface area (Å²) in [5.74, 6) is 1.91. The van der Waals surface area contributed by atoms with E-state index in [1.807, 2.05) is 30.3 Å². The van der Waals surface area contributed by atoms with Crippen molar-refractivity contribution in [3.63, 3.8) is 0 Å². The first kappa shape index (κ1) is 23.7. The van der Waals surface area contributed by atoms with Crippen molar-refractivity contribution >= 4 is 51.9 Å². The van der Waals surface area contributed by atoms with Crippen LogP contribution in [0, 0.1) is 14.9 Å². The van der Waals surface area contributed by atoms with Crippen LogP contribution in [0.4, 0.5) is 5.69 Å². The Morgan fingerprint density at radius 2 is 1.94 bits per heavy atom. The van der Waals surface area contributed by atoms with E-state index in [9.17, 15) is 10.1 Å². The number of amides is 1. The number of benzene rings is 3. The Kier molecular flexibility index (Phi) is 7.45. The van der Waals surface area contributed by atoms with Gasteiger partial charge in [0.1, 0.15) is 18.2 Å². The number of nitrogens with one attached hydrogen (secondary N) is 1. The Hall–Kier alpha value is -3.42. The molecule has 1 aliphatic rings. The van der Waals surface area contributed by atoms with Gasteiger partial charge in [-0.25, -0.2) is 0 Å². The standard InChI is InChI=1S/C25H18ClIN2O5/c1-31-23-11-16(8-17(12-28)25(30)29-19-5-3-18(26)4-6-19)9-20(27)24(23)32-13-15-2-7-21-22(10-15)34-14-33-21/h2-11H,13-14H2,1H3,(H,29,30)/b17-8-. The molecule has 0 unspecified atom stereocenters. The average molecular weight is 589 g/mol. The monoisotopic (exact) mass is 588 g/mol. The van der Waals surface area contributed by atoms with Crippen molar-refractivity contribution in [2.75, 3.05) is 19.2 Å². The summed E-state index contributed by atoms with van der Waals surface area (Å²) in [6, 6.07) is 17.7. The van der Waals surface area contributed by atoms with Crippen molar-refractivity contribution in [2.45, 2.75) is 6.61 Å². The molecular weight excluding hydrogens is 571 g/mol. The van der Waals surface area contributed by atoms with Crippen molar-refractivity contribution in [2.24, 2.45) is 0 Å². The summed E-state index contributed by atoms with van der Waals surface area (Å²) in [6.45, 7) is 0.508. The summed E-state index contributed by atoms with van der Waals surface area (Å²) in [4.78, 5) is 12.6. The van der Waals surface area contributed by atoms with Crippen molar-refractivity contribution < 1.29 is 23.7 Å². The van der Waals surface area contributed by atoms with Crippen LogP contribution >= 0.6 is 34.2 Å². The fraction of sp³-hybridized carbons (Fsp3) is 0.120. The Balaban J connectivity index is 1.51. The maximum absolute atomic E-state index is 12.6. The molecule has 34 heavy (non-hydrogen) atoms. The van der Waals surface area contributed by atoms with Gasteiger partial charge in [-0.05, 0) is 88.3 Å². The van der Waals surface area contributed by atoms with Crippen LogP contribution in [0.15, 0.2) is 60.2 Å². The fourth-order valence-electron chi connectivity index (χ4n) is 3.20. The van der Waals surface area contributed by atoms with E-state index in [2.05, 4.69) is 27.9 Å². The zero-order chi connectivity index (χ0) is 24.1. The van der Waals surface area contributed by atoms with Gasteiger partial charge in [-0.1, -0.05) is 17.7 Å². The van der Waals surface area contributed by atoms with Crippen molar-refractivity contribution in [3.05, 3.63) is 79.9 Å². The summed E-state index contributed by atoms with van der Waals surface area (Å²) >= 11 is 8.00. The number of fused-ring (bicyclic) bond motifs is 1. The fourth-order valence-corrected chi connectivity index (χ4v) is 4.10. The SMILES string of the molecule is COc1cc(/C=C(/C#N)C(=O)Nc2ccc(Cl)cc2)cc(I)c1OCc1ccc2c(c1)OCO2. The first-order valence-corrected chi connectivity index (χ1v) is 11.5. The lowest BCUT2D eigenvalue weighted by molar-refractivity contribution is -0.112. The molecule has 7 nitrogen and oxygen atoms in total. The molecule has 4 rings (SSSR count). The van der Waals surface area contributed by atoms with E-state index in [0.29, 0.717) is 45.9 Å². The number of methoxy groups -OCH3 is 1. The predicted molar refractivity (Wildman–Crippen MR) is 136 cm³/mol. The smallest absolute Gasteiger partial charge is 0.266 e. The first-order valence-electron chi connectivity index (χ1n) is 10.0. The van der Waals surface area contributed by atoms with Crippen molar-refractivity contribution in [1.29, 1.82) is 5.26 Å². The van der Waals surface area contributed by atoms with E-state index in [1.165, 1.54) is 13.2 Å². The summed E-state index contributed by atoms with van der Waals surface area (Å²) < 4.78 is 23.0. The highest BCUT2D eigenvalue weighted by Gasteiger charge is 2.16. The van der Waals surface area contributed by atoms with Gasteiger partial charge in [0, 0.05) is 10.7 Å². The molecule has 0 spiro atoms. The van der Waals surface area contributed by atoms with Gasteiger partial charge in [-0.3, -0.25) is 4.79 Å². The molecule has 172 valence electrons. The van der Waals surface area contributed by atoms with Crippen LogP contribution < -0.4 is 24.3 Å². The molecule has 1 aliphatic heterocycles. The van der Waals surface area contributed by atoms with Crippen LogP contribution in [0.2, 0.25) is 5.02 Å². The van der Waals surface area contributed by atoms with Gasteiger partial charge in [-0.2, -0.15) is 5.26 Å². The lowest BCUT2D eigenvalue weighted by Crippen LogP contribution is -2.13. The van der Waals surface area contributed by atoms with E-state index in [-0.39, 0.29) is 12.4 Å². The lowest BCUT2D eigenvalue weighted by atomic mass is 10.1. The third-order valence-corrected chi connectivity index (χ3v) is 5.90. The van der Waals surface area contributed by atoms with Gasteiger partial charge >= 0.3 is 0 Å². The second-order valence-corrected chi connectivity index (χ2v) is 8.74. The van der Waals surface area contributed by atoms with Gasteiger partial charge < -0.3 is 24.3 Å². The van der Waals surface area contributed by atoms with Crippen LogP contribution in [0.5, 0.6) is 23.0 Å². The summed E-state index contributed by atoms with van der Waals surface area (Å²) in [5.41, 5.74) is 2.02. The molecule has 0 saturated carbocycles. The van der Waals surface area contributed by atoms with Gasteiger partial charge in [-0.15, -0.1) is 0 Å². The number of carbonyl (C=O) groups is 1. The van der Waals surface area contributed by atoms with Crippen LogP contribution in [0.1, 0.15) is 11.1 Å². The summed E-state index contributed by atoms with van der Waals surface area (Å²) in [7, 11) is 1.53. The van der Waals surface area contributed by atoms with Crippen LogP contribution in [-0.4, -0.2) is 19.8 Å². The highest BCUT2D eigenvalue weighted by Crippen LogP contribution is 2.36. The third-order valence-electron chi connectivity index (χ3n) is 4.85. The molecule has 0 saturated heterocycles. The molecule has 1 N–H and O–H groups in total. The molecule has 0 bridgehead atoms. The Labute approximate surface area is 215 Å². The van der Waals surface area contributed by atoms with Crippen LogP contribution in [-0.2, 0) is 11.4 Å². The Morgan fingerprint density at radius 3 is 2.68 bits per heavy atom. The Bertz CT molecular complexity index is 1300. The van der Waals surface area contributed by atoms with Gasteiger partial charge in [0.05, 0.1) is 10.7 Å².